The van der Waals surface area contributed by atoms with Gasteiger partial charge in [0.1, 0.15) is 0 Å². The van der Waals surface area contributed by atoms with E-state index < -0.39 is 0 Å². The van der Waals surface area contributed by atoms with Crippen molar-refractivity contribution < 1.29 is 0 Å². The van der Waals surface area contributed by atoms with Gasteiger partial charge in [0.15, 0.2) is 0 Å². The summed E-state index contributed by atoms with van der Waals surface area (Å²) in [5, 5.41) is 17.2. The first-order chi connectivity index (χ1) is 10.3. The summed E-state index contributed by atoms with van der Waals surface area (Å²) in [6, 6.07) is 19.8. The smallest absolute Gasteiger partial charge is 0.0991 e. The van der Waals surface area contributed by atoms with Crippen LogP contribution in [0.3, 0.4) is 0 Å². The molecule has 0 unspecified atom stereocenters. The van der Waals surface area contributed by atoms with Crippen LogP contribution in [0.1, 0.15) is 30.4 Å². The average molecular weight is 270 g/mol. The van der Waals surface area contributed by atoms with E-state index in [-0.39, 0.29) is 0 Å². The van der Waals surface area contributed by atoms with Gasteiger partial charge < -0.3 is 0 Å². The van der Waals surface area contributed by atoms with E-state index in [9.17, 15) is 0 Å². The molecule has 0 aliphatic heterocycles. The molecule has 0 amide bonds. The molecular formula is C19H14N2. The fourth-order valence-electron chi connectivity index (χ4n) is 1.90. The number of hydrogen-bond acceptors (Lipinski definition) is 2. The van der Waals surface area contributed by atoms with Crippen molar-refractivity contribution in [1.82, 2.24) is 0 Å². The lowest BCUT2D eigenvalue weighted by Crippen LogP contribution is -1.80. The molecule has 0 spiro atoms. The first-order valence-electron chi connectivity index (χ1n) is 6.80. The second-order valence-corrected chi connectivity index (χ2v) is 4.58. The van der Waals surface area contributed by atoms with E-state index in [0.717, 1.165) is 29.5 Å². The molecule has 0 fully saturated rings. The van der Waals surface area contributed by atoms with Gasteiger partial charge in [0.25, 0.3) is 0 Å². The quantitative estimate of drug-likeness (QED) is 0.617. The Morgan fingerprint density at radius 1 is 0.714 bits per heavy atom. The van der Waals surface area contributed by atoms with Gasteiger partial charge in [-0.05, 0) is 41.8 Å². The zero-order valence-electron chi connectivity index (χ0n) is 11.6. The SMILES string of the molecule is N#CCCCC#Cc1ccc(-c2ccc(C#N)cc2)cc1. The Kier molecular flexibility index (Phi) is 5.17. The molecule has 21 heavy (non-hydrogen) atoms. The molecule has 2 aromatic rings. The lowest BCUT2D eigenvalue weighted by atomic mass is 10.0. The Bertz CT molecular complexity index is 730. The van der Waals surface area contributed by atoms with Gasteiger partial charge in [0.2, 0.25) is 0 Å². The maximum Gasteiger partial charge on any atom is 0.0991 e. The molecule has 0 aliphatic carbocycles. The second kappa shape index (κ2) is 7.54. The summed E-state index contributed by atoms with van der Waals surface area (Å²) in [5.74, 6) is 6.17. The van der Waals surface area contributed by atoms with Gasteiger partial charge in [-0.25, -0.2) is 0 Å². The molecule has 0 atom stereocenters. The summed E-state index contributed by atoms with van der Waals surface area (Å²) >= 11 is 0. The molecule has 0 saturated heterocycles. The van der Waals surface area contributed by atoms with Gasteiger partial charge in [-0.3, -0.25) is 0 Å². The lowest BCUT2D eigenvalue weighted by Gasteiger charge is -2.01. The van der Waals surface area contributed by atoms with Crippen LogP contribution < -0.4 is 0 Å². The van der Waals surface area contributed by atoms with Crippen LogP contribution in [0, 0.1) is 34.5 Å². The third kappa shape index (κ3) is 4.24. The maximum absolute atomic E-state index is 8.79. The molecule has 0 N–H and O–H groups in total. The van der Waals surface area contributed by atoms with Crippen molar-refractivity contribution in [2.24, 2.45) is 0 Å². The van der Waals surface area contributed by atoms with Gasteiger partial charge in [0, 0.05) is 18.4 Å². The normalized spacial score (nSPS) is 9.05. The molecule has 2 rings (SSSR count). The zero-order valence-corrected chi connectivity index (χ0v) is 11.6. The van der Waals surface area contributed by atoms with Crippen molar-refractivity contribution in [1.29, 1.82) is 10.5 Å². The highest BCUT2D eigenvalue weighted by molar-refractivity contribution is 5.65. The van der Waals surface area contributed by atoms with Crippen LogP contribution in [-0.4, -0.2) is 0 Å². The number of benzene rings is 2. The molecule has 0 radical (unpaired) electrons. The second-order valence-electron chi connectivity index (χ2n) is 4.58. The van der Waals surface area contributed by atoms with Crippen LogP contribution in [0.15, 0.2) is 48.5 Å². The molecule has 0 saturated carbocycles. The molecule has 2 aromatic carbocycles. The zero-order chi connectivity index (χ0) is 14.9. The minimum atomic E-state index is 0.562. The molecule has 0 heterocycles. The summed E-state index contributed by atoms with van der Waals surface area (Å²) in [4.78, 5) is 0. The molecule has 0 aromatic heterocycles. The molecule has 2 nitrogen and oxygen atoms in total. The summed E-state index contributed by atoms with van der Waals surface area (Å²) in [6.45, 7) is 0. The standard InChI is InChI=1S/C19H14N2/c20-14-4-2-1-3-5-16-6-10-18(11-7-16)19-12-8-17(15-21)9-13-19/h6-13H,1-2,4H2. The van der Waals surface area contributed by atoms with E-state index in [1.807, 2.05) is 48.5 Å². The Balaban J connectivity index is 2.05. The fraction of sp³-hybridized carbons (Fsp3) is 0.158. The summed E-state index contributed by atoms with van der Waals surface area (Å²) in [6.07, 6.45) is 2.14. The van der Waals surface area contributed by atoms with E-state index in [4.69, 9.17) is 10.5 Å². The Labute approximate surface area is 125 Å². The van der Waals surface area contributed by atoms with Gasteiger partial charge >= 0.3 is 0 Å². The molecule has 0 bridgehead atoms. The number of nitriles is 2. The van der Waals surface area contributed by atoms with Crippen LogP contribution >= 0.6 is 0 Å². The monoisotopic (exact) mass is 270 g/mol. The minimum absolute atomic E-state index is 0.562. The highest BCUT2D eigenvalue weighted by Crippen LogP contribution is 2.20. The van der Waals surface area contributed by atoms with E-state index in [2.05, 4.69) is 24.0 Å². The van der Waals surface area contributed by atoms with Gasteiger partial charge in [-0.2, -0.15) is 10.5 Å². The van der Waals surface area contributed by atoms with Gasteiger partial charge in [-0.1, -0.05) is 36.1 Å². The fourth-order valence-corrected chi connectivity index (χ4v) is 1.90. The highest BCUT2D eigenvalue weighted by atomic mass is 14.2. The molecular weight excluding hydrogens is 256 g/mol. The number of unbranched alkanes of at least 4 members (excludes halogenated alkanes) is 2. The Morgan fingerprint density at radius 3 is 1.81 bits per heavy atom. The number of hydrogen-bond donors (Lipinski definition) is 0. The van der Waals surface area contributed by atoms with Crippen molar-refractivity contribution in [3.8, 4) is 35.1 Å². The highest BCUT2D eigenvalue weighted by Gasteiger charge is 1.97. The Morgan fingerprint density at radius 2 is 1.29 bits per heavy atom. The Hall–Kier alpha value is -3.02. The van der Waals surface area contributed by atoms with Crippen molar-refractivity contribution in [2.75, 3.05) is 0 Å². The lowest BCUT2D eigenvalue weighted by molar-refractivity contribution is 0.894. The van der Waals surface area contributed by atoms with Crippen molar-refractivity contribution in [2.45, 2.75) is 19.3 Å². The third-order valence-electron chi connectivity index (χ3n) is 3.06. The number of rotatable bonds is 3. The minimum Gasteiger partial charge on any atom is -0.198 e. The van der Waals surface area contributed by atoms with E-state index in [1.165, 1.54) is 0 Å². The van der Waals surface area contributed by atoms with E-state index in [1.54, 1.807) is 0 Å². The predicted octanol–water partition coefficient (Wildman–Crippen LogP) is 4.27. The van der Waals surface area contributed by atoms with Gasteiger partial charge in [-0.15, -0.1) is 0 Å². The van der Waals surface area contributed by atoms with Crippen LogP contribution in [0.25, 0.3) is 11.1 Å². The first-order valence-corrected chi connectivity index (χ1v) is 6.80. The first kappa shape index (κ1) is 14.4. The average Bonchev–Trinajstić information content (AvgIpc) is 2.55. The predicted molar refractivity (Wildman–Crippen MR) is 82.9 cm³/mol. The van der Waals surface area contributed by atoms with Crippen LogP contribution in [0.5, 0.6) is 0 Å². The molecule has 100 valence electrons. The largest absolute Gasteiger partial charge is 0.198 e. The van der Waals surface area contributed by atoms with Crippen molar-refractivity contribution in [3.63, 3.8) is 0 Å². The topological polar surface area (TPSA) is 47.6 Å². The summed E-state index contributed by atoms with van der Waals surface area (Å²) < 4.78 is 0. The van der Waals surface area contributed by atoms with E-state index >= 15 is 0 Å². The maximum atomic E-state index is 8.79. The number of nitrogens with zero attached hydrogens (tertiary/aromatic N) is 2. The molecule has 0 aliphatic rings. The molecule has 2 heteroatoms. The van der Waals surface area contributed by atoms with Crippen molar-refractivity contribution >= 4 is 0 Å². The van der Waals surface area contributed by atoms with Crippen molar-refractivity contribution in [3.05, 3.63) is 59.7 Å². The summed E-state index contributed by atoms with van der Waals surface area (Å²) in [7, 11) is 0. The van der Waals surface area contributed by atoms with Crippen LogP contribution in [0.2, 0.25) is 0 Å². The third-order valence-corrected chi connectivity index (χ3v) is 3.06. The van der Waals surface area contributed by atoms with Gasteiger partial charge in [0.05, 0.1) is 17.7 Å². The van der Waals surface area contributed by atoms with Crippen LogP contribution in [-0.2, 0) is 0 Å². The van der Waals surface area contributed by atoms with Crippen LogP contribution in [0.4, 0.5) is 0 Å². The summed E-state index contributed by atoms with van der Waals surface area (Å²) in [5.41, 5.74) is 3.83. The van der Waals surface area contributed by atoms with E-state index in [0.29, 0.717) is 12.0 Å².